The van der Waals surface area contributed by atoms with Crippen LogP contribution in [0.5, 0.6) is 0 Å². The molecule has 0 saturated heterocycles. The quantitative estimate of drug-likeness (QED) is 0.772. The fraction of sp³-hybridized carbons (Fsp3) is 0.727. The second-order valence-electron chi connectivity index (χ2n) is 4.82. The van der Waals surface area contributed by atoms with Gasteiger partial charge in [0.05, 0.1) is 19.7 Å². The summed E-state index contributed by atoms with van der Waals surface area (Å²) in [5.74, 6) is -0.0641. The van der Waals surface area contributed by atoms with Crippen LogP contribution in [-0.4, -0.2) is 58.5 Å². The number of halogens is 3. The summed E-state index contributed by atoms with van der Waals surface area (Å²) in [5, 5.41) is 18.3. The molecule has 1 amide bonds. The lowest BCUT2D eigenvalue weighted by Gasteiger charge is -2.21. The maximum atomic E-state index is 12.3. The first-order chi connectivity index (χ1) is 9.87. The Hall–Kier alpha value is -1.68. The second kappa shape index (κ2) is 6.39. The molecule has 0 spiro atoms. The molecule has 0 bridgehead atoms. The van der Waals surface area contributed by atoms with Crippen molar-refractivity contribution in [2.45, 2.75) is 24.9 Å². The minimum Gasteiger partial charge on any atom is -0.408 e. The number of hydrogen-bond donors (Lipinski definition) is 2. The molecule has 7 nitrogen and oxygen atoms in total. The van der Waals surface area contributed by atoms with Gasteiger partial charge in [0.25, 0.3) is 0 Å². The lowest BCUT2D eigenvalue weighted by molar-refractivity contribution is -0.148. The van der Waals surface area contributed by atoms with Crippen LogP contribution in [0.25, 0.3) is 0 Å². The van der Waals surface area contributed by atoms with Gasteiger partial charge in [-0.1, -0.05) is 5.10 Å². The molecule has 1 aliphatic carbocycles. The third-order valence-electron chi connectivity index (χ3n) is 2.80. The van der Waals surface area contributed by atoms with Gasteiger partial charge in [0, 0.05) is 12.5 Å². The Bertz CT molecular complexity index is 487. The van der Waals surface area contributed by atoms with E-state index in [-0.39, 0.29) is 18.5 Å². The first-order valence-corrected chi connectivity index (χ1v) is 6.40. The van der Waals surface area contributed by atoms with Gasteiger partial charge < -0.3 is 9.52 Å². The summed E-state index contributed by atoms with van der Waals surface area (Å²) >= 11 is 0. The Morgan fingerprint density at radius 2 is 2.14 bits per heavy atom. The fourth-order valence-corrected chi connectivity index (χ4v) is 1.75. The van der Waals surface area contributed by atoms with Crippen molar-refractivity contribution in [1.29, 1.82) is 0 Å². The van der Waals surface area contributed by atoms with Crippen molar-refractivity contribution in [3.05, 3.63) is 5.89 Å². The molecule has 1 aromatic heterocycles. The van der Waals surface area contributed by atoms with E-state index < -0.39 is 31.8 Å². The summed E-state index contributed by atoms with van der Waals surface area (Å²) in [4.78, 5) is 12.4. The molecule has 2 rings (SSSR count). The minimum absolute atomic E-state index is 0.127. The molecule has 1 aromatic rings. The van der Waals surface area contributed by atoms with Crippen LogP contribution in [0.15, 0.2) is 4.42 Å². The highest BCUT2D eigenvalue weighted by atomic mass is 19.4. The topological polar surface area (TPSA) is 91.5 Å². The number of nitrogens with one attached hydrogen (secondary N) is 1. The number of carbonyl (C=O) groups is 1. The molecule has 1 saturated carbocycles. The van der Waals surface area contributed by atoms with E-state index in [1.54, 1.807) is 0 Å². The van der Waals surface area contributed by atoms with Crippen LogP contribution >= 0.6 is 0 Å². The largest absolute Gasteiger partial charge is 0.408 e. The molecular formula is C11H15F3N4O3. The van der Waals surface area contributed by atoms with Gasteiger partial charge in [-0.3, -0.25) is 15.0 Å². The lowest BCUT2D eigenvalue weighted by atomic mass is 10.4. The number of rotatable bonds is 7. The van der Waals surface area contributed by atoms with Crippen LogP contribution in [0, 0.1) is 0 Å². The molecule has 0 atom stereocenters. The summed E-state index contributed by atoms with van der Waals surface area (Å²) in [6, 6.07) is -0.127. The molecule has 21 heavy (non-hydrogen) atoms. The van der Waals surface area contributed by atoms with E-state index in [0.717, 1.165) is 17.7 Å². The van der Waals surface area contributed by atoms with Crippen molar-refractivity contribution in [3.8, 4) is 0 Å². The molecule has 1 heterocycles. The normalized spacial score (nSPS) is 15.5. The monoisotopic (exact) mass is 308 g/mol. The lowest BCUT2D eigenvalue weighted by Crippen LogP contribution is -2.41. The zero-order valence-electron chi connectivity index (χ0n) is 11.1. The first-order valence-electron chi connectivity index (χ1n) is 6.40. The molecular weight excluding hydrogens is 293 g/mol. The number of anilines is 1. The SMILES string of the molecule is O=C(CN(CCO)CC(F)(F)F)Nc1nnc(C2CC2)o1. The predicted molar refractivity (Wildman–Crippen MR) is 64.5 cm³/mol. The second-order valence-corrected chi connectivity index (χ2v) is 4.82. The summed E-state index contributed by atoms with van der Waals surface area (Å²) in [7, 11) is 0. The Kier molecular flexibility index (Phi) is 4.78. The average Bonchev–Trinajstić information content (AvgIpc) is 3.09. The number of carbonyl (C=O) groups excluding carboxylic acids is 1. The summed E-state index contributed by atoms with van der Waals surface area (Å²) < 4.78 is 42.1. The number of nitrogens with zero attached hydrogens (tertiary/aromatic N) is 3. The molecule has 0 radical (unpaired) electrons. The number of alkyl halides is 3. The van der Waals surface area contributed by atoms with Crippen molar-refractivity contribution >= 4 is 11.9 Å². The maximum absolute atomic E-state index is 12.3. The smallest absolute Gasteiger partial charge is 0.401 e. The molecule has 1 aliphatic rings. The first kappa shape index (κ1) is 15.7. The van der Waals surface area contributed by atoms with E-state index >= 15 is 0 Å². The molecule has 118 valence electrons. The van der Waals surface area contributed by atoms with Crippen molar-refractivity contribution in [3.63, 3.8) is 0 Å². The fourth-order valence-electron chi connectivity index (χ4n) is 1.75. The van der Waals surface area contributed by atoms with Gasteiger partial charge in [0.2, 0.25) is 11.8 Å². The predicted octanol–water partition coefficient (Wildman–Crippen LogP) is 0.742. The number of aliphatic hydroxyl groups excluding tert-OH is 1. The summed E-state index contributed by atoms with van der Waals surface area (Å²) in [6.45, 7) is -2.54. The summed E-state index contributed by atoms with van der Waals surface area (Å²) in [5.41, 5.74) is 0. The van der Waals surface area contributed by atoms with Gasteiger partial charge in [-0.25, -0.2) is 0 Å². The third kappa shape index (κ3) is 5.31. The molecule has 2 N–H and O–H groups in total. The summed E-state index contributed by atoms with van der Waals surface area (Å²) in [6.07, 6.45) is -2.55. The standard InChI is InChI=1S/C11H15F3N4O3/c12-11(13,14)6-18(3-4-19)5-8(20)15-10-17-16-9(21-10)7-1-2-7/h7,19H,1-6H2,(H,15,17,20). The van der Waals surface area contributed by atoms with Crippen molar-refractivity contribution in [1.82, 2.24) is 15.1 Å². The number of amides is 1. The van der Waals surface area contributed by atoms with Gasteiger partial charge in [-0.05, 0) is 12.8 Å². The minimum atomic E-state index is -4.45. The van der Waals surface area contributed by atoms with E-state index in [1.807, 2.05) is 0 Å². The van der Waals surface area contributed by atoms with E-state index in [2.05, 4.69) is 15.5 Å². The molecule has 10 heteroatoms. The third-order valence-corrected chi connectivity index (χ3v) is 2.80. The van der Waals surface area contributed by atoms with Crippen LogP contribution in [-0.2, 0) is 4.79 Å². The number of aliphatic hydroxyl groups is 1. The zero-order valence-corrected chi connectivity index (χ0v) is 11.1. The van der Waals surface area contributed by atoms with E-state index in [9.17, 15) is 18.0 Å². The highest BCUT2D eigenvalue weighted by molar-refractivity contribution is 5.90. The van der Waals surface area contributed by atoms with Crippen molar-refractivity contribution < 1.29 is 27.5 Å². The van der Waals surface area contributed by atoms with Gasteiger partial charge in [0.1, 0.15) is 0 Å². The molecule has 1 fully saturated rings. The van der Waals surface area contributed by atoms with E-state index in [0.29, 0.717) is 5.89 Å². The van der Waals surface area contributed by atoms with Crippen LogP contribution < -0.4 is 5.32 Å². The number of aromatic nitrogens is 2. The van der Waals surface area contributed by atoms with Gasteiger partial charge in [-0.2, -0.15) is 13.2 Å². The van der Waals surface area contributed by atoms with E-state index in [1.165, 1.54) is 0 Å². The van der Waals surface area contributed by atoms with Crippen LogP contribution in [0.4, 0.5) is 19.2 Å². The Labute approximate surface area is 118 Å². The van der Waals surface area contributed by atoms with Crippen LogP contribution in [0.1, 0.15) is 24.7 Å². The van der Waals surface area contributed by atoms with Gasteiger partial charge in [0.15, 0.2) is 0 Å². The molecule has 0 aliphatic heterocycles. The van der Waals surface area contributed by atoms with Gasteiger partial charge >= 0.3 is 12.2 Å². The Morgan fingerprint density at radius 3 is 2.71 bits per heavy atom. The highest BCUT2D eigenvalue weighted by Crippen LogP contribution is 2.39. The van der Waals surface area contributed by atoms with Crippen LogP contribution in [0.2, 0.25) is 0 Å². The zero-order chi connectivity index (χ0) is 15.5. The number of hydrogen-bond acceptors (Lipinski definition) is 6. The average molecular weight is 308 g/mol. The van der Waals surface area contributed by atoms with Gasteiger partial charge in [-0.15, -0.1) is 5.10 Å². The molecule has 0 aromatic carbocycles. The van der Waals surface area contributed by atoms with Crippen LogP contribution in [0.3, 0.4) is 0 Å². The highest BCUT2D eigenvalue weighted by Gasteiger charge is 2.32. The Morgan fingerprint density at radius 1 is 1.43 bits per heavy atom. The molecule has 0 unspecified atom stereocenters. The maximum Gasteiger partial charge on any atom is 0.401 e. The van der Waals surface area contributed by atoms with E-state index in [4.69, 9.17) is 9.52 Å². The van der Waals surface area contributed by atoms with Crippen molar-refractivity contribution in [2.24, 2.45) is 0 Å². The Balaban J connectivity index is 1.85. The van der Waals surface area contributed by atoms with Crippen molar-refractivity contribution in [2.75, 3.05) is 31.6 Å².